The second kappa shape index (κ2) is 7.91. The van der Waals surface area contributed by atoms with Gasteiger partial charge in [-0.05, 0) is 42.0 Å². The van der Waals surface area contributed by atoms with E-state index in [1.807, 2.05) is 0 Å². The van der Waals surface area contributed by atoms with Crippen molar-refractivity contribution in [2.45, 2.75) is 6.92 Å². The Labute approximate surface area is 153 Å². The van der Waals surface area contributed by atoms with Crippen LogP contribution in [0.3, 0.4) is 0 Å². The van der Waals surface area contributed by atoms with E-state index in [0.29, 0.717) is 11.3 Å². The first-order valence-electron chi connectivity index (χ1n) is 7.85. The highest BCUT2D eigenvalue weighted by Crippen LogP contribution is 2.18. The summed E-state index contributed by atoms with van der Waals surface area (Å²) in [7, 11) is 0. The van der Waals surface area contributed by atoms with Crippen LogP contribution in [0.1, 0.15) is 23.2 Å². The minimum atomic E-state index is -0.654. The zero-order valence-corrected chi connectivity index (χ0v) is 14.2. The maximum Gasteiger partial charge on any atom is 0.329 e. The Morgan fingerprint density at radius 1 is 1.11 bits per heavy atom. The summed E-state index contributed by atoms with van der Waals surface area (Å²) in [6, 6.07) is 13.1. The first-order chi connectivity index (χ1) is 13.0. The third-order valence-corrected chi connectivity index (χ3v) is 3.36. The average molecular weight is 365 g/mol. The van der Waals surface area contributed by atoms with Gasteiger partial charge < -0.3 is 14.9 Å². The van der Waals surface area contributed by atoms with Gasteiger partial charge in [0.1, 0.15) is 5.75 Å². The Morgan fingerprint density at radius 2 is 1.81 bits per heavy atom. The zero-order valence-electron chi connectivity index (χ0n) is 14.2. The number of anilines is 1. The summed E-state index contributed by atoms with van der Waals surface area (Å²) >= 11 is 0. The molecule has 0 aliphatic heterocycles. The number of rotatable bonds is 5. The van der Waals surface area contributed by atoms with Crippen LogP contribution in [0.2, 0.25) is 0 Å². The van der Waals surface area contributed by atoms with Crippen molar-refractivity contribution in [1.29, 1.82) is 0 Å². The molecule has 0 bridgehead atoms. The van der Waals surface area contributed by atoms with Crippen molar-refractivity contribution in [1.82, 2.24) is 15.6 Å². The topological polar surface area (TPSA) is 130 Å². The number of hydrazone groups is 1. The molecular formula is C18H15N5O4. The molecule has 0 saturated heterocycles. The predicted molar refractivity (Wildman–Crippen MR) is 97.2 cm³/mol. The Bertz CT molecular complexity index is 978. The predicted octanol–water partition coefficient (Wildman–Crippen LogP) is 2.16. The van der Waals surface area contributed by atoms with Gasteiger partial charge in [-0.25, -0.2) is 5.43 Å². The van der Waals surface area contributed by atoms with E-state index in [2.05, 4.69) is 26.0 Å². The second-order valence-corrected chi connectivity index (χ2v) is 5.47. The molecule has 1 aromatic heterocycles. The molecule has 3 N–H and O–H groups in total. The summed E-state index contributed by atoms with van der Waals surface area (Å²) in [5.74, 6) is -0.720. The number of carbonyl (C=O) groups is 2. The van der Waals surface area contributed by atoms with Gasteiger partial charge in [0, 0.05) is 18.2 Å². The van der Waals surface area contributed by atoms with Gasteiger partial charge in [-0.1, -0.05) is 17.3 Å². The lowest BCUT2D eigenvalue weighted by molar-refractivity contribution is -0.114. The first-order valence-corrected chi connectivity index (χ1v) is 7.85. The standard InChI is InChI=1S/C18H15N5O4/c1-11(24)20-14-6-2-12(3-7-14)10-19-22-17(26)18-21-16(23-27-18)13-4-8-15(25)9-5-13/h2-10,25H,1H3,(H,20,24)(H,22,26)/b19-10+. The number of hydrogen-bond acceptors (Lipinski definition) is 7. The molecule has 0 aliphatic carbocycles. The van der Waals surface area contributed by atoms with Crippen molar-refractivity contribution < 1.29 is 19.2 Å². The lowest BCUT2D eigenvalue weighted by Gasteiger charge is -2.01. The summed E-state index contributed by atoms with van der Waals surface area (Å²) in [6.07, 6.45) is 1.44. The van der Waals surface area contributed by atoms with E-state index in [1.165, 1.54) is 25.3 Å². The van der Waals surface area contributed by atoms with Gasteiger partial charge >= 0.3 is 11.8 Å². The summed E-state index contributed by atoms with van der Waals surface area (Å²) in [6.45, 7) is 1.43. The van der Waals surface area contributed by atoms with E-state index in [4.69, 9.17) is 4.52 Å². The zero-order chi connectivity index (χ0) is 19.2. The minimum Gasteiger partial charge on any atom is -0.508 e. The van der Waals surface area contributed by atoms with E-state index in [-0.39, 0.29) is 23.4 Å². The number of benzene rings is 2. The number of amides is 2. The van der Waals surface area contributed by atoms with Gasteiger partial charge in [-0.3, -0.25) is 9.59 Å². The fourth-order valence-corrected chi connectivity index (χ4v) is 2.11. The molecule has 0 radical (unpaired) electrons. The molecule has 1 heterocycles. The smallest absolute Gasteiger partial charge is 0.329 e. The maximum atomic E-state index is 12.0. The SMILES string of the molecule is CC(=O)Nc1ccc(/C=N/NC(=O)c2nc(-c3ccc(O)cc3)no2)cc1. The average Bonchev–Trinajstić information content (AvgIpc) is 3.13. The number of nitrogens with zero attached hydrogens (tertiary/aromatic N) is 3. The lowest BCUT2D eigenvalue weighted by atomic mass is 10.2. The van der Waals surface area contributed by atoms with Gasteiger partial charge in [-0.15, -0.1) is 0 Å². The van der Waals surface area contributed by atoms with E-state index in [9.17, 15) is 14.7 Å². The normalized spacial score (nSPS) is 10.7. The third kappa shape index (κ3) is 4.75. The number of nitrogens with one attached hydrogen (secondary N) is 2. The van der Waals surface area contributed by atoms with E-state index >= 15 is 0 Å². The van der Waals surface area contributed by atoms with Gasteiger partial charge in [-0.2, -0.15) is 10.1 Å². The molecule has 27 heavy (non-hydrogen) atoms. The molecule has 3 aromatic rings. The quantitative estimate of drug-likeness (QED) is 0.469. The molecule has 0 fully saturated rings. The number of carbonyl (C=O) groups excluding carboxylic acids is 2. The highest BCUT2D eigenvalue weighted by atomic mass is 16.5. The fourth-order valence-electron chi connectivity index (χ4n) is 2.11. The molecule has 0 unspecified atom stereocenters. The summed E-state index contributed by atoms with van der Waals surface area (Å²) in [5, 5.41) is 19.5. The van der Waals surface area contributed by atoms with Crippen molar-refractivity contribution in [3.63, 3.8) is 0 Å². The van der Waals surface area contributed by atoms with E-state index in [0.717, 1.165) is 5.56 Å². The number of phenols is 1. The Kier molecular flexibility index (Phi) is 5.22. The fraction of sp³-hybridized carbons (Fsp3) is 0.0556. The number of aromatic hydroxyl groups is 1. The van der Waals surface area contributed by atoms with Crippen molar-refractivity contribution in [2.75, 3.05) is 5.32 Å². The maximum absolute atomic E-state index is 12.0. The van der Waals surface area contributed by atoms with Crippen LogP contribution in [0.4, 0.5) is 5.69 Å². The van der Waals surface area contributed by atoms with Crippen LogP contribution in [0.5, 0.6) is 5.75 Å². The van der Waals surface area contributed by atoms with E-state index in [1.54, 1.807) is 36.4 Å². The van der Waals surface area contributed by atoms with Crippen LogP contribution in [-0.4, -0.2) is 33.3 Å². The van der Waals surface area contributed by atoms with Gasteiger partial charge in [0.05, 0.1) is 6.21 Å². The highest BCUT2D eigenvalue weighted by Gasteiger charge is 2.15. The molecule has 0 aliphatic rings. The number of hydrogen-bond donors (Lipinski definition) is 3. The molecule has 2 aromatic carbocycles. The van der Waals surface area contributed by atoms with Crippen LogP contribution in [0.25, 0.3) is 11.4 Å². The summed E-state index contributed by atoms with van der Waals surface area (Å²) < 4.78 is 4.92. The third-order valence-electron chi connectivity index (χ3n) is 3.36. The highest BCUT2D eigenvalue weighted by molar-refractivity contribution is 5.91. The number of aromatic nitrogens is 2. The second-order valence-electron chi connectivity index (χ2n) is 5.47. The summed E-state index contributed by atoms with van der Waals surface area (Å²) in [5.41, 5.74) is 4.27. The van der Waals surface area contributed by atoms with Crippen molar-refractivity contribution >= 4 is 23.7 Å². The van der Waals surface area contributed by atoms with E-state index < -0.39 is 5.91 Å². The molecule has 3 rings (SSSR count). The van der Waals surface area contributed by atoms with Crippen molar-refractivity contribution in [3.8, 4) is 17.1 Å². The Hall–Kier alpha value is -4.01. The molecule has 9 heteroatoms. The van der Waals surface area contributed by atoms with Gasteiger partial charge in [0.25, 0.3) is 0 Å². The summed E-state index contributed by atoms with van der Waals surface area (Å²) in [4.78, 5) is 27.0. The van der Waals surface area contributed by atoms with Gasteiger partial charge in [0.2, 0.25) is 11.7 Å². The number of phenolic OH excluding ortho intramolecular Hbond substituents is 1. The Morgan fingerprint density at radius 3 is 2.48 bits per heavy atom. The molecule has 9 nitrogen and oxygen atoms in total. The van der Waals surface area contributed by atoms with Crippen LogP contribution >= 0.6 is 0 Å². The van der Waals surface area contributed by atoms with Crippen LogP contribution in [0.15, 0.2) is 58.2 Å². The molecular weight excluding hydrogens is 350 g/mol. The molecule has 2 amide bonds. The van der Waals surface area contributed by atoms with Crippen molar-refractivity contribution in [3.05, 3.63) is 60.0 Å². The van der Waals surface area contributed by atoms with Crippen LogP contribution in [0, 0.1) is 0 Å². The molecule has 136 valence electrons. The Balaban J connectivity index is 1.60. The van der Waals surface area contributed by atoms with Crippen molar-refractivity contribution in [2.24, 2.45) is 5.10 Å². The molecule has 0 atom stereocenters. The van der Waals surface area contributed by atoms with Crippen LogP contribution < -0.4 is 10.7 Å². The molecule has 0 spiro atoms. The van der Waals surface area contributed by atoms with Crippen LogP contribution in [-0.2, 0) is 4.79 Å². The largest absolute Gasteiger partial charge is 0.508 e. The molecule has 0 saturated carbocycles. The minimum absolute atomic E-state index is 0.111. The first kappa shape index (κ1) is 17.8. The monoisotopic (exact) mass is 365 g/mol. The lowest BCUT2D eigenvalue weighted by Crippen LogP contribution is -2.18. The van der Waals surface area contributed by atoms with Gasteiger partial charge in [0.15, 0.2) is 0 Å².